The molecule has 0 bridgehead atoms. The molecule has 5 nitrogen and oxygen atoms in total. The van der Waals surface area contributed by atoms with E-state index in [9.17, 15) is 24.6 Å². The smallest absolute Gasteiger partial charge is 0.312 e. The van der Waals surface area contributed by atoms with E-state index in [-0.39, 0.29) is 28.4 Å². The second kappa shape index (κ2) is 8.58. The van der Waals surface area contributed by atoms with Crippen molar-refractivity contribution in [2.24, 2.45) is 28.1 Å². The van der Waals surface area contributed by atoms with Crippen LogP contribution in [0.3, 0.4) is 0 Å². The van der Waals surface area contributed by atoms with Gasteiger partial charge in [-0.05, 0) is 75.4 Å². The van der Waals surface area contributed by atoms with Crippen molar-refractivity contribution >= 4 is 18.0 Å². The lowest BCUT2D eigenvalue weighted by molar-refractivity contribution is -0.194. The zero-order valence-corrected chi connectivity index (χ0v) is 19.9. The third-order valence-electron chi connectivity index (χ3n) is 8.92. The summed E-state index contributed by atoms with van der Waals surface area (Å²) in [7, 11) is 0. The number of ketones is 1. The average Bonchev–Trinajstić information content (AvgIpc) is 3.00. The summed E-state index contributed by atoms with van der Waals surface area (Å²) in [5.74, 6) is -0.869. The molecule has 174 valence electrons. The van der Waals surface area contributed by atoms with E-state index in [0.29, 0.717) is 19.3 Å². The van der Waals surface area contributed by atoms with E-state index >= 15 is 0 Å². The van der Waals surface area contributed by atoms with Gasteiger partial charge in [0.15, 0.2) is 5.78 Å². The molecule has 0 aromatic rings. The quantitative estimate of drug-likeness (QED) is 0.363. The minimum Gasteiger partial charge on any atom is -0.481 e. The van der Waals surface area contributed by atoms with Gasteiger partial charge in [-0.3, -0.25) is 14.4 Å². The summed E-state index contributed by atoms with van der Waals surface area (Å²) >= 11 is 0. The number of aliphatic hydroxyl groups excluding tert-OH is 1. The molecule has 0 heterocycles. The molecule has 2 N–H and O–H groups in total. The molecule has 3 aliphatic rings. The first-order valence-electron chi connectivity index (χ1n) is 11.6. The molecule has 3 fully saturated rings. The molecule has 0 radical (unpaired) electrons. The molecule has 0 amide bonds. The zero-order valence-electron chi connectivity index (χ0n) is 19.9. The first-order chi connectivity index (χ1) is 14.9. The molecule has 0 aromatic carbocycles. The predicted octanol–water partition coefficient (Wildman–Crippen LogP) is 4.82. The van der Waals surface area contributed by atoms with Gasteiger partial charge in [-0.15, -0.1) is 0 Å². The number of carbonyl (C=O) groups excluding carboxylic acids is 2. The Bertz CT molecular complexity index is 938. The maximum absolute atomic E-state index is 13.3. The molecule has 6 atom stereocenters. The molecular formula is C27H36O5. The van der Waals surface area contributed by atoms with Gasteiger partial charge in [0.1, 0.15) is 6.29 Å². The number of fused-ring (bicyclic) bond motifs is 3. The number of carboxylic acids is 1. The summed E-state index contributed by atoms with van der Waals surface area (Å²) in [6.07, 6.45) is 11.9. The van der Waals surface area contributed by atoms with Crippen molar-refractivity contribution in [3.63, 3.8) is 0 Å². The van der Waals surface area contributed by atoms with Crippen LogP contribution in [0.1, 0.15) is 66.7 Å². The lowest BCUT2D eigenvalue weighted by Crippen LogP contribution is -2.61. The van der Waals surface area contributed by atoms with Crippen LogP contribution >= 0.6 is 0 Å². The molecule has 3 rings (SSSR count). The number of Topliss-reactive ketones (excluding diaryl/α,β-unsaturated/α-hetero) is 1. The number of carboxylic acid groups (broad SMARTS) is 1. The normalized spacial score (nSPS) is 41.6. The molecule has 0 aromatic heterocycles. The van der Waals surface area contributed by atoms with Gasteiger partial charge < -0.3 is 10.2 Å². The highest BCUT2D eigenvalue weighted by atomic mass is 16.4. The average molecular weight is 441 g/mol. The molecule has 0 saturated heterocycles. The minimum absolute atomic E-state index is 0.0681. The highest BCUT2D eigenvalue weighted by Crippen LogP contribution is 2.69. The fourth-order valence-corrected chi connectivity index (χ4v) is 7.23. The van der Waals surface area contributed by atoms with Gasteiger partial charge in [-0.1, -0.05) is 43.7 Å². The number of aldehydes is 1. The Morgan fingerprint density at radius 3 is 2.34 bits per heavy atom. The van der Waals surface area contributed by atoms with Gasteiger partial charge in [0.2, 0.25) is 0 Å². The minimum atomic E-state index is -1.18. The van der Waals surface area contributed by atoms with E-state index in [1.807, 2.05) is 32.1 Å². The molecule has 0 unspecified atom stereocenters. The summed E-state index contributed by atoms with van der Waals surface area (Å²) in [5.41, 5.74) is 0.967. The molecule has 0 spiro atoms. The first kappa shape index (κ1) is 24.4. The Morgan fingerprint density at radius 2 is 1.72 bits per heavy atom. The molecular weight excluding hydrogens is 404 g/mol. The van der Waals surface area contributed by atoms with Crippen molar-refractivity contribution in [2.75, 3.05) is 0 Å². The third-order valence-corrected chi connectivity index (χ3v) is 8.92. The van der Waals surface area contributed by atoms with Crippen molar-refractivity contribution < 1.29 is 24.6 Å². The van der Waals surface area contributed by atoms with Crippen molar-refractivity contribution in [2.45, 2.75) is 72.8 Å². The van der Waals surface area contributed by atoms with E-state index in [1.54, 1.807) is 13.0 Å². The second-order valence-corrected chi connectivity index (χ2v) is 10.7. The van der Waals surface area contributed by atoms with Gasteiger partial charge >= 0.3 is 5.97 Å². The van der Waals surface area contributed by atoms with Gasteiger partial charge in [-0.2, -0.15) is 0 Å². The van der Waals surface area contributed by atoms with Gasteiger partial charge in [0.25, 0.3) is 0 Å². The number of aliphatic hydroxyl groups is 1. The number of hydrogen-bond donors (Lipinski definition) is 2. The van der Waals surface area contributed by atoms with Crippen LogP contribution in [0.5, 0.6) is 0 Å². The highest BCUT2D eigenvalue weighted by Gasteiger charge is 2.67. The maximum atomic E-state index is 13.3. The Balaban J connectivity index is 1.98. The van der Waals surface area contributed by atoms with Crippen LogP contribution in [0.2, 0.25) is 0 Å². The van der Waals surface area contributed by atoms with Crippen LogP contribution in [0.4, 0.5) is 0 Å². The maximum Gasteiger partial charge on any atom is 0.312 e. The van der Waals surface area contributed by atoms with Crippen LogP contribution in [0.25, 0.3) is 0 Å². The predicted molar refractivity (Wildman–Crippen MR) is 124 cm³/mol. The van der Waals surface area contributed by atoms with Crippen LogP contribution < -0.4 is 0 Å². The van der Waals surface area contributed by atoms with Crippen molar-refractivity contribution in [1.29, 1.82) is 0 Å². The van der Waals surface area contributed by atoms with E-state index in [2.05, 4.69) is 13.8 Å². The molecule has 5 heteroatoms. The topological polar surface area (TPSA) is 91.7 Å². The summed E-state index contributed by atoms with van der Waals surface area (Å²) in [4.78, 5) is 36.0. The summed E-state index contributed by atoms with van der Waals surface area (Å²) in [6.45, 7) is 9.90. The standard InChI is InChI=1S/C27H36O5/c1-17(9-7-15-28)8-6-10-18(2)23-19(29)16-21-25(3)14-12-22(30)27(5,24(31)32)20(25)11-13-26(21,23)4/h6-10,15,20-22,30H,11-14,16H2,1-5H3,(H,31,32)/b9-7+,10-6+,17-8+,23-18-/t20-,21+,22-,25+,26+,27-/m1/s1. The SMILES string of the molecule is CC(/C=C/C=O)=C\C=C\C(C)=C1\C(=O)C[C@H]2[C@@]3(C)CC[C@@H](O)[C@](C)(C(=O)O)[C@@H]3CC[C@]12C. The lowest BCUT2D eigenvalue weighted by Gasteiger charge is -2.61. The highest BCUT2D eigenvalue weighted by molar-refractivity contribution is 6.01. The zero-order chi connectivity index (χ0) is 23.9. The third kappa shape index (κ3) is 3.64. The van der Waals surface area contributed by atoms with Crippen LogP contribution in [0, 0.1) is 28.1 Å². The Morgan fingerprint density at radius 1 is 1.03 bits per heavy atom. The van der Waals surface area contributed by atoms with E-state index in [4.69, 9.17) is 0 Å². The molecule has 0 aliphatic heterocycles. The molecule has 32 heavy (non-hydrogen) atoms. The summed E-state index contributed by atoms with van der Waals surface area (Å²) in [6, 6.07) is 0. The monoisotopic (exact) mass is 440 g/mol. The number of rotatable bonds is 5. The fraction of sp³-hybridized carbons (Fsp3) is 0.593. The first-order valence-corrected chi connectivity index (χ1v) is 11.6. The molecule has 3 saturated carbocycles. The number of aliphatic carboxylic acids is 1. The van der Waals surface area contributed by atoms with Crippen LogP contribution in [0.15, 0.2) is 47.1 Å². The van der Waals surface area contributed by atoms with E-state index in [1.165, 1.54) is 6.08 Å². The van der Waals surface area contributed by atoms with E-state index in [0.717, 1.165) is 35.8 Å². The van der Waals surface area contributed by atoms with Gasteiger partial charge in [0.05, 0.1) is 11.5 Å². The Kier molecular flexibility index (Phi) is 6.54. The van der Waals surface area contributed by atoms with Gasteiger partial charge in [0, 0.05) is 17.4 Å². The number of allylic oxidation sites excluding steroid dienone is 8. The van der Waals surface area contributed by atoms with Crippen LogP contribution in [-0.4, -0.2) is 34.4 Å². The largest absolute Gasteiger partial charge is 0.481 e. The lowest BCUT2D eigenvalue weighted by atomic mass is 9.43. The number of hydrogen-bond acceptors (Lipinski definition) is 4. The van der Waals surface area contributed by atoms with E-state index < -0.39 is 17.5 Å². The number of carbonyl (C=O) groups is 3. The molecule has 3 aliphatic carbocycles. The van der Waals surface area contributed by atoms with Crippen molar-refractivity contribution in [1.82, 2.24) is 0 Å². The Labute approximate surface area is 191 Å². The fourth-order valence-electron chi connectivity index (χ4n) is 7.23. The van der Waals surface area contributed by atoms with Crippen molar-refractivity contribution in [3.05, 3.63) is 47.1 Å². The van der Waals surface area contributed by atoms with Gasteiger partial charge in [-0.25, -0.2) is 0 Å². The second-order valence-electron chi connectivity index (χ2n) is 10.7. The van der Waals surface area contributed by atoms with Crippen molar-refractivity contribution in [3.8, 4) is 0 Å². The summed E-state index contributed by atoms with van der Waals surface area (Å²) in [5, 5.41) is 20.7. The Hall–Kier alpha value is -2.27. The summed E-state index contributed by atoms with van der Waals surface area (Å²) < 4.78 is 0. The van der Waals surface area contributed by atoms with Crippen LogP contribution in [-0.2, 0) is 14.4 Å².